The van der Waals surface area contributed by atoms with Crippen LogP contribution in [0.3, 0.4) is 0 Å². The van der Waals surface area contributed by atoms with E-state index in [1.807, 2.05) is 20.8 Å². The molecule has 0 radical (unpaired) electrons. The molecule has 9 nitrogen and oxygen atoms in total. The van der Waals surface area contributed by atoms with E-state index >= 15 is 0 Å². The smallest absolute Gasteiger partial charge is 0.311 e. The maximum atomic E-state index is 13.3. The van der Waals surface area contributed by atoms with Crippen LogP contribution in [0.4, 0.5) is 5.69 Å². The van der Waals surface area contributed by atoms with E-state index in [4.69, 9.17) is 32.7 Å². The summed E-state index contributed by atoms with van der Waals surface area (Å²) >= 11 is 12.3. The van der Waals surface area contributed by atoms with Gasteiger partial charge in [0.15, 0.2) is 6.61 Å². The molecule has 0 aliphatic rings. The molecule has 1 atom stereocenters. The molecule has 2 aromatic carbocycles. The third-order valence-corrected chi connectivity index (χ3v) is 5.54. The zero-order valence-corrected chi connectivity index (χ0v) is 21.8. The fraction of sp³-hybridized carbons (Fsp3) is 0.417. The van der Waals surface area contributed by atoms with Gasteiger partial charge >= 0.3 is 5.69 Å². The van der Waals surface area contributed by atoms with Crippen molar-refractivity contribution in [2.45, 2.75) is 52.2 Å². The topological polar surface area (TPSA) is 111 Å². The monoisotopic (exact) mass is 525 g/mol. The van der Waals surface area contributed by atoms with Crippen LogP contribution in [-0.2, 0) is 16.1 Å². The van der Waals surface area contributed by atoms with Crippen LogP contribution in [0.15, 0.2) is 36.4 Å². The fourth-order valence-electron chi connectivity index (χ4n) is 3.33. The summed E-state index contributed by atoms with van der Waals surface area (Å²) in [6, 6.07) is 8.06. The lowest BCUT2D eigenvalue weighted by Gasteiger charge is -2.33. The van der Waals surface area contributed by atoms with Gasteiger partial charge < -0.3 is 19.7 Å². The molecular weight excluding hydrogens is 497 g/mol. The van der Waals surface area contributed by atoms with E-state index in [1.165, 1.54) is 30.2 Å². The molecule has 0 saturated heterocycles. The second-order valence-corrected chi connectivity index (χ2v) is 9.64. The van der Waals surface area contributed by atoms with Crippen LogP contribution in [0.1, 0.15) is 39.7 Å². The highest BCUT2D eigenvalue weighted by atomic mass is 35.5. The number of methoxy groups -OCH3 is 1. The number of nitro benzene ring substituents is 1. The zero-order valence-electron chi connectivity index (χ0n) is 20.3. The lowest BCUT2D eigenvalue weighted by molar-refractivity contribution is -0.385. The Kier molecular flexibility index (Phi) is 9.73. The van der Waals surface area contributed by atoms with Gasteiger partial charge in [-0.3, -0.25) is 19.7 Å². The molecule has 0 saturated carbocycles. The Balaban J connectivity index is 2.31. The average Bonchev–Trinajstić information content (AvgIpc) is 2.77. The van der Waals surface area contributed by atoms with E-state index in [1.54, 1.807) is 25.1 Å². The van der Waals surface area contributed by atoms with Crippen molar-refractivity contribution in [2.24, 2.45) is 0 Å². The Hall–Kier alpha value is -3.04. The van der Waals surface area contributed by atoms with Gasteiger partial charge in [-0.05, 0) is 51.0 Å². The van der Waals surface area contributed by atoms with Crippen LogP contribution in [0.5, 0.6) is 11.5 Å². The van der Waals surface area contributed by atoms with Gasteiger partial charge in [-0.25, -0.2) is 0 Å². The zero-order chi connectivity index (χ0) is 26.3. The quantitative estimate of drug-likeness (QED) is 0.344. The van der Waals surface area contributed by atoms with Crippen LogP contribution in [0.2, 0.25) is 10.0 Å². The molecule has 0 aromatic heterocycles. The Labute approximate surface area is 214 Å². The fourth-order valence-corrected chi connectivity index (χ4v) is 3.80. The van der Waals surface area contributed by atoms with Crippen molar-refractivity contribution >= 4 is 40.7 Å². The molecule has 35 heavy (non-hydrogen) atoms. The lowest BCUT2D eigenvalue weighted by Crippen LogP contribution is -2.54. The van der Waals surface area contributed by atoms with Crippen molar-refractivity contribution < 1.29 is 24.0 Å². The first-order chi connectivity index (χ1) is 16.4. The molecular formula is C24H29Cl2N3O6. The molecule has 0 aliphatic carbocycles. The molecule has 2 aromatic rings. The van der Waals surface area contributed by atoms with Gasteiger partial charge in [-0.15, -0.1) is 0 Å². The number of nitrogens with zero attached hydrogens (tertiary/aromatic N) is 2. The summed E-state index contributed by atoms with van der Waals surface area (Å²) in [5.41, 5.74) is -0.110. The Morgan fingerprint density at radius 1 is 1.17 bits per heavy atom. The molecule has 1 N–H and O–H groups in total. The van der Waals surface area contributed by atoms with Gasteiger partial charge in [0.05, 0.1) is 12.0 Å². The molecule has 0 spiro atoms. The Morgan fingerprint density at radius 2 is 1.86 bits per heavy atom. The van der Waals surface area contributed by atoms with Crippen molar-refractivity contribution in [1.82, 2.24) is 10.2 Å². The number of carbonyl (C=O) groups is 2. The molecule has 0 fully saturated rings. The SMILES string of the molecule is CCC(C(=O)NC(C)(C)C)N(Cc1ccc(Cl)cc1Cl)C(=O)COc1ccc([N+](=O)[O-])c(OC)c1. The molecule has 11 heteroatoms. The second-order valence-electron chi connectivity index (χ2n) is 8.80. The number of nitrogens with one attached hydrogen (secondary N) is 1. The summed E-state index contributed by atoms with van der Waals surface area (Å²) in [6.45, 7) is 7.00. The van der Waals surface area contributed by atoms with Crippen molar-refractivity contribution in [3.63, 3.8) is 0 Å². The summed E-state index contributed by atoms with van der Waals surface area (Å²) in [5.74, 6) is -0.571. The second kappa shape index (κ2) is 12.1. The maximum absolute atomic E-state index is 13.3. The van der Waals surface area contributed by atoms with Gasteiger partial charge in [-0.2, -0.15) is 0 Å². The van der Waals surface area contributed by atoms with E-state index in [0.29, 0.717) is 22.0 Å². The van der Waals surface area contributed by atoms with Crippen LogP contribution in [0.25, 0.3) is 0 Å². The van der Waals surface area contributed by atoms with Gasteiger partial charge in [0.2, 0.25) is 11.7 Å². The first-order valence-corrected chi connectivity index (χ1v) is 11.6. The summed E-state index contributed by atoms with van der Waals surface area (Å²) < 4.78 is 10.7. The molecule has 2 amide bonds. The summed E-state index contributed by atoms with van der Waals surface area (Å²) in [6.07, 6.45) is 0.351. The highest BCUT2D eigenvalue weighted by Gasteiger charge is 2.31. The lowest BCUT2D eigenvalue weighted by atomic mass is 10.1. The van der Waals surface area contributed by atoms with Gasteiger partial charge in [0.25, 0.3) is 5.91 Å². The number of amides is 2. The van der Waals surface area contributed by atoms with Crippen LogP contribution in [-0.4, -0.2) is 46.9 Å². The number of halogens is 2. The first-order valence-electron chi connectivity index (χ1n) is 10.9. The number of rotatable bonds is 10. The Morgan fingerprint density at radius 3 is 2.40 bits per heavy atom. The summed E-state index contributed by atoms with van der Waals surface area (Å²) in [4.78, 5) is 38.3. The minimum absolute atomic E-state index is 0.000686. The third-order valence-electron chi connectivity index (χ3n) is 4.95. The number of hydrogen-bond acceptors (Lipinski definition) is 6. The number of carbonyl (C=O) groups excluding carboxylic acids is 2. The predicted octanol–water partition coefficient (Wildman–Crippen LogP) is 5.01. The van der Waals surface area contributed by atoms with Gasteiger partial charge in [0, 0.05) is 34.3 Å². The van der Waals surface area contributed by atoms with E-state index in [9.17, 15) is 19.7 Å². The van der Waals surface area contributed by atoms with Crippen molar-refractivity contribution in [2.75, 3.05) is 13.7 Å². The van der Waals surface area contributed by atoms with Crippen LogP contribution >= 0.6 is 23.2 Å². The summed E-state index contributed by atoms with van der Waals surface area (Å²) in [5, 5.41) is 14.8. The molecule has 1 unspecified atom stereocenters. The highest BCUT2D eigenvalue weighted by Crippen LogP contribution is 2.31. The van der Waals surface area contributed by atoms with E-state index in [0.717, 1.165) is 0 Å². The van der Waals surface area contributed by atoms with Crippen molar-refractivity contribution in [3.05, 3.63) is 62.1 Å². The average molecular weight is 526 g/mol. The molecule has 2 rings (SSSR count). The highest BCUT2D eigenvalue weighted by molar-refractivity contribution is 6.35. The van der Waals surface area contributed by atoms with Crippen LogP contribution in [0, 0.1) is 10.1 Å². The molecule has 0 bridgehead atoms. The van der Waals surface area contributed by atoms with Crippen LogP contribution < -0.4 is 14.8 Å². The number of benzene rings is 2. The normalized spacial score (nSPS) is 12.0. The molecule has 0 aliphatic heterocycles. The van der Waals surface area contributed by atoms with Gasteiger partial charge in [-0.1, -0.05) is 36.2 Å². The van der Waals surface area contributed by atoms with E-state index < -0.39 is 29.0 Å². The number of ether oxygens (including phenoxy) is 2. The molecule has 190 valence electrons. The minimum Gasteiger partial charge on any atom is -0.490 e. The van der Waals surface area contributed by atoms with Crippen molar-refractivity contribution in [3.8, 4) is 11.5 Å². The molecule has 0 heterocycles. The maximum Gasteiger partial charge on any atom is 0.311 e. The number of hydrogen-bond donors (Lipinski definition) is 1. The minimum atomic E-state index is -0.788. The Bertz CT molecular complexity index is 1090. The van der Waals surface area contributed by atoms with E-state index in [-0.39, 0.29) is 29.6 Å². The first kappa shape index (κ1) is 28.2. The van der Waals surface area contributed by atoms with Gasteiger partial charge in [0.1, 0.15) is 11.8 Å². The summed E-state index contributed by atoms with van der Waals surface area (Å²) in [7, 11) is 1.30. The van der Waals surface area contributed by atoms with E-state index in [2.05, 4.69) is 5.32 Å². The van der Waals surface area contributed by atoms with Crippen molar-refractivity contribution in [1.29, 1.82) is 0 Å². The number of nitro groups is 1. The standard InChI is InChI=1S/C24H29Cl2N3O6/c1-6-19(23(31)27-24(2,3)4)28(13-15-7-8-16(25)11-18(15)26)22(30)14-35-17-9-10-20(29(32)33)21(12-17)34-5/h7-12,19H,6,13-14H2,1-5H3,(H,27,31). The largest absolute Gasteiger partial charge is 0.490 e. The third kappa shape index (κ3) is 8.00. The predicted molar refractivity (Wildman–Crippen MR) is 134 cm³/mol.